The van der Waals surface area contributed by atoms with Gasteiger partial charge in [0.1, 0.15) is 5.15 Å². The number of nitrogens with zero attached hydrogens (tertiary/aromatic N) is 2. The van der Waals surface area contributed by atoms with E-state index in [-0.39, 0.29) is 21.6 Å². The third-order valence-electron chi connectivity index (χ3n) is 3.37. The van der Waals surface area contributed by atoms with Crippen LogP contribution in [0.25, 0.3) is 0 Å². The fraction of sp³-hybridized carbons (Fsp3) is 0.312. The van der Waals surface area contributed by atoms with Crippen molar-refractivity contribution in [3.8, 4) is 0 Å². The lowest BCUT2D eigenvalue weighted by molar-refractivity contribution is -0.137. The molecule has 0 aliphatic rings. The lowest BCUT2D eigenvalue weighted by Gasteiger charge is -2.09. The number of aryl methyl sites for hydroxylation is 1. The molecule has 0 saturated carbocycles. The van der Waals surface area contributed by atoms with Gasteiger partial charge >= 0.3 is 6.18 Å². The quantitative estimate of drug-likeness (QED) is 0.580. The normalized spacial score (nSPS) is 11.4. The van der Waals surface area contributed by atoms with Crippen molar-refractivity contribution < 1.29 is 18.0 Å². The van der Waals surface area contributed by atoms with Crippen molar-refractivity contribution in [3.63, 3.8) is 0 Å². The monoisotopic (exact) mass is 391 g/mol. The van der Waals surface area contributed by atoms with Crippen LogP contribution in [0.4, 0.5) is 13.2 Å². The summed E-state index contributed by atoms with van der Waals surface area (Å²) in [5, 5.41) is 2.82. The Kier molecular flexibility index (Phi) is 6.61. The van der Waals surface area contributed by atoms with Gasteiger partial charge in [-0.25, -0.2) is 4.98 Å². The Morgan fingerprint density at radius 2 is 1.96 bits per heavy atom. The van der Waals surface area contributed by atoms with E-state index in [0.717, 1.165) is 12.3 Å². The SMILES string of the molecule is O=C(NCCCCc1ncc(C(F)(F)F)cc1Cl)c1cccnc1Cl. The fourth-order valence-electron chi connectivity index (χ4n) is 2.08. The molecule has 0 spiro atoms. The molecule has 1 amide bonds. The summed E-state index contributed by atoms with van der Waals surface area (Å²) in [6.45, 7) is 0.391. The molecule has 9 heteroatoms. The first-order valence-electron chi connectivity index (χ1n) is 7.39. The fourth-order valence-corrected chi connectivity index (χ4v) is 2.54. The number of carbonyl (C=O) groups is 1. The molecule has 2 heterocycles. The first-order valence-corrected chi connectivity index (χ1v) is 8.15. The van der Waals surface area contributed by atoms with Gasteiger partial charge in [0.2, 0.25) is 0 Å². The number of carbonyl (C=O) groups excluding carboxylic acids is 1. The number of aromatic nitrogens is 2. The Balaban J connectivity index is 1.78. The van der Waals surface area contributed by atoms with Gasteiger partial charge in [-0.15, -0.1) is 0 Å². The summed E-state index contributed by atoms with van der Waals surface area (Å²) < 4.78 is 37.6. The second-order valence-corrected chi connectivity index (χ2v) is 5.97. The average Bonchev–Trinajstić information content (AvgIpc) is 2.55. The second-order valence-electron chi connectivity index (χ2n) is 5.21. The van der Waals surface area contributed by atoms with Gasteiger partial charge in [0.05, 0.1) is 21.8 Å². The molecule has 0 aliphatic heterocycles. The highest BCUT2D eigenvalue weighted by molar-refractivity contribution is 6.32. The van der Waals surface area contributed by atoms with Crippen LogP contribution in [0.15, 0.2) is 30.6 Å². The van der Waals surface area contributed by atoms with Crippen LogP contribution in [0.5, 0.6) is 0 Å². The molecule has 0 aliphatic carbocycles. The highest BCUT2D eigenvalue weighted by Crippen LogP contribution is 2.31. The summed E-state index contributed by atoms with van der Waals surface area (Å²) in [5.74, 6) is -0.330. The number of pyridine rings is 2. The van der Waals surface area contributed by atoms with Gasteiger partial charge in [-0.3, -0.25) is 9.78 Å². The molecule has 2 aromatic heterocycles. The van der Waals surface area contributed by atoms with Gasteiger partial charge in [-0.1, -0.05) is 23.2 Å². The lowest BCUT2D eigenvalue weighted by Crippen LogP contribution is -2.25. The van der Waals surface area contributed by atoms with Crippen LogP contribution in [0, 0.1) is 0 Å². The minimum atomic E-state index is -4.47. The summed E-state index contributed by atoms with van der Waals surface area (Å²) in [7, 11) is 0. The van der Waals surface area contributed by atoms with Gasteiger partial charge in [0, 0.05) is 18.9 Å². The zero-order valence-electron chi connectivity index (χ0n) is 12.9. The van der Waals surface area contributed by atoms with E-state index in [1.54, 1.807) is 12.1 Å². The maximum Gasteiger partial charge on any atom is 0.417 e. The molecule has 134 valence electrons. The van der Waals surface area contributed by atoms with Crippen LogP contribution in [-0.2, 0) is 12.6 Å². The molecular weight excluding hydrogens is 378 g/mol. The third kappa shape index (κ3) is 5.57. The summed E-state index contributed by atoms with van der Waals surface area (Å²) in [5.41, 5.74) is -0.185. The molecule has 0 aromatic carbocycles. The molecular formula is C16H14Cl2F3N3O. The minimum absolute atomic E-state index is 0.0130. The molecule has 0 unspecified atom stereocenters. The molecule has 0 atom stereocenters. The number of hydrogen-bond donors (Lipinski definition) is 1. The van der Waals surface area contributed by atoms with Gasteiger partial charge < -0.3 is 5.32 Å². The largest absolute Gasteiger partial charge is 0.417 e. The molecule has 0 fully saturated rings. The molecule has 25 heavy (non-hydrogen) atoms. The number of alkyl halides is 3. The topological polar surface area (TPSA) is 54.9 Å². The van der Waals surface area contributed by atoms with Crippen molar-refractivity contribution in [2.45, 2.75) is 25.4 Å². The van der Waals surface area contributed by atoms with Crippen molar-refractivity contribution in [1.82, 2.24) is 15.3 Å². The lowest BCUT2D eigenvalue weighted by atomic mass is 10.1. The van der Waals surface area contributed by atoms with E-state index in [1.807, 2.05) is 0 Å². The molecule has 1 N–H and O–H groups in total. The summed E-state index contributed by atoms with van der Waals surface area (Å²) in [6, 6.07) is 4.05. The van der Waals surface area contributed by atoms with Crippen molar-refractivity contribution in [2.75, 3.05) is 6.54 Å². The zero-order valence-corrected chi connectivity index (χ0v) is 14.4. The third-order valence-corrected chi connectivity index (χ3v) is 4.00. The first kappa shape index (κ1) is 19.5. The maximum atomic E-state index is 12.5. The van der Waals surface area contributed by atoms with E-state index < -0.39 is 11.7 Å². The van der Waals surface area contributed by atoms with Crippen molar-refractivity contribution in [3.05, 3.63) is 57.6 Å². The summed E-state index contributed by atoms with van der Waals surface area (Å²) in [6.07, 6.45) is -0.567. The van der Waals surface area contributed by atoms with Crippen molar-refractivity contribution in [1.29, 1.82) is 0 Å². The number of unbranched alkanes of at least 4 members (excludes halogenated alkanes) is 1. The predicted molar refractivity (Wildman–Crippen MR) is 88.8 cm³/mol. The van der Waals surface area contributed by atoms with Crippen LogP contribution in [0.1, 0.15) is 34.5 Å². The van der Waals surface area contributed by atoms with E-state index in [4.69, 9.17) is 23.2 Å². The smallest absolute Gasteiger partial charge is 0.352 e. The molecule has 4 nitrogen and oxygen atoms in total. The molecule has 0 bridgehead atoms. The Morgan fingerprint density at radius 3 is 2.60 bits per heavy atom. The number of amides is 1. The standard InChI is InChI=1S/C16H14Cl2F3N3O/c17-12-8-10(16(19,20)21)9-24-13(12)5-1-2-6-23-15(25)11-4-3-7-22-14(11)18/h3-4,7-9H,1-2,5-6H2,(H,23,25). The van der Waals surface area contributed by atoms with Crippen molar-refractivity contribution in [2.24, 2.45) is 0 Å². The molecule has 2 aromatic rings. The van der Waals surface area contributed by atoms with E-state index in [0.29, 0.717) is 31.5 Å². The van der Waals surface area contributed by atoms with E-state index in [2.05, 4.69) is 15.3 Å². The maximum absolute atomic E-state index is 12.5. The van der Waals surface area contributed by atoms with E-state index in [9.17, 15) is 18.0 Å². The Bertz CT molecular complexity index is 754. The van der Waals surface area contributed by atoms with Crippen LogP contribution in [0.2, 0.25) is 10.2 Å². The van der Waals surface area contributed by atoms with Crippen LogP contribution in [-0.4, -0.2) is 22.4 Å². The number of hydrogen-bond acceptors (Lipinski definition) is 3. The molecule has 2 rings (SSSR count). The van der Waals surface area contributed by atoms with Crippen LogP contribution in [0.3, 0.4) is 0 Å². The second kappa shape index (κ2) is 8.49. The number of nitrogens with one attached hydrogen (secondary N) is 1. The average molecular weight is 392 g/mol. The first-order chi connectivity index (χ1) is 11.8. The van der Waals surface area contributed by atoms with E-state index >= 15 is 0 Å². The Morgan fingerprint density at radius 1 is 1.20 bits per heavy atom. The Labute approximate surface area is 152 Å². The highest BCUT2D eigenvalue weighted by Gasteiger charge is 2.31. The van der Waals surface area contributed by atoms with Crippen LogP contribution < -0.4 is 5.32 Å². The van der Waals surface area contributed by atoms with Gasteiger partial charge in [-0.2, -0.15) is 13.2 Å². The van der Waals surface area contributed by atoms with Gasteiger partial charge in [0.15, 0.2) is 0 Å². The number of rotatable bonds is 6. The molecule has 0 radical (unpaired) electrons. The van der Waals surface area contributed by atoms with Gasteiger partial charge in [0.25, 0.3) is 5.91 Å². The predicted octanol–water partition coefficient (Wildman–Crippen LogP) is 4.55. The highest BCUT2D eigenvalue weighted by atomic mass is 35.5. The van der Waals surface area contributed by atoms with Crippen molar-refractivity contribution >= 4 is 29.1 Å². The zero-order chi connectivity index (χ0) is 18.4. The molecule has 0 saturated heterocycles. The number of halogens is 5. The summed E-state index contributed by atoms with van der Waals surface area (Å²) in [4.78, 5) is 19.5. The minimum Gasteiger partial charge on any atom is -0.352 e. The van der Waals surface area contributed by atoms with Crippen LogP contribution >= 0.6 is 23.2 Å². The summed E-state index contributed by atoms with van der Waals surface area (Å²) >= 11 is 11.7. The van der Waals surface area contributed by atoms with E-state index in [1.165, 1.54) is 6.20 Å². The Hall–Kier alpha value is -1.86. The van der Waals surface area contributed by atoms with Gasteiger partial charge in [-0.05, 0) is 37.5 Å².